The molecule has 1 saturated carbocycles. The van der Waals surface area contributed by atoms with E-state index in [-0.39, 0.29) is 11.7 Å². The minimum absolute atomic E-state index is 0.0754. The summed E-state index contributed by atoms with van der Waals surface area (Å²) in [7, 11) is 0. The van der Waals surface area contributed by atoms with E-state index in [0.717, 1.165) is 32.1 Å². The normalized spacial score (nSPS) is 18.1. The second-order valence-electron chi connectivity index (χ2n) is 5.02. The van der Waals surface area contributed by atoms with Crippen LogP contribution in [0.1, 0.15) is 49.4 Å². The van der Waals surface area contributed by atoms with Gasteiger partial charge in [-0.05, 0) is 31.9 Å². The van der Waals surface area contributed by atoms with E-state index in [2.05, 4.69) is 5.32 Å². The second-order valence-corrected chi connectivity index (χ2v) is 5.02. The van der Waals surface area contributed by atoms with Crippen LogP contribution in [0.25, 0.3) is 0 Å². The van der Waals surface area contributed by atoms with Crippen molar-refractivity contribution in [3.8, 4) is 0 Å². The van der Waals surface area contributed by atoms with E-state index in [1.165, 1.54) is 0 Å². The number of benzene rings is 1. The van der Waals surface area contributed by atoms with E-state index >= 15 is 0 Å². The Kier molecular flexibility index (Phi) is 3.80. The highest BCUT2D eigenvalue weighted by Crippen LogP contribution is 2.29. The topological polar surface area (TPSA) is 46.2 Å². The van der Waals surface area contributed by atoms with Gasteiger partial charge in [0.15, 0.2) is 5.78 Å². The average Bonchev–Trinajstić information content (AvgIpc) is 2.40. The SMILES string of the molecule is CC(=O)C1(NC(=O)c2ccccc2)CCCCC1. The molecule has 0 aliphatic heterocycles. The number of rotatable bonds is 3. The lowest BCUT2D eigenvalue weighted by Crippen LogP contribution is -2.54. The maximum atomic E-state index is 12.2. The second kappa shape index (κ2) is 5.34. The molecule has 1 aromatic rings. The largest absolute Gasteiger partial charge is 0.340 e. The van der Waals surface area contributed by atoms with Gasteiger partial charge in [0.25, 0.3) is 5.91 Å². The molecule has 96 valence electrons. The van der Waals surface area contributed by atoms with Crippen LogP contribution in [-0.4, -0.2) is 17.2 Å². The molecule has 1 aromatic carbocycles. The van der Waals surface area contributed by atoms with Crippen LogP contribution in [0.4, 0.5) is 0 Å². The van der Waals surface area contributed by atoms with E-state index in [1.54, 1.807) is 19.1 Å². The quantitative estimate of drug-likeness (QED) is 0.890. The summed E-state index contributed by atoms with van der Waals surface area (Å²) in [5, 5.41) is 2.96. The molecule has 18 heavy (non-hydrogen) atoms. The lowest BCUT2D eigenvalue weighted by Gasteiger charge is -2.35. The summed E-state index contributed by atoms with van der Waals surface area (Å²) in [6, 6.07) is 9.07. The first-order chi connectivity index (χ1) is 8.64. The van der Waals surface area contributed by atoms with E-state index in [0.29, 0.717) is 5.56 Å². The third-order valence-electron chi connectivity index (χ3n) is 3.77. The van der Waals surface area contributed by atoms with Gasteiger partial charge in [-0.3, -0.25) is 9.59 Å². The Balaban J connectivity index is 2.15. The Bertz CT molecular complexity index is 433. The molecule has 0 radical (unpaired) electrons. The minimum Gasteiger partial charge on any atom is -0.340 e. The van der Waals surface area contributed by atoms with Crippen LogP contribution < -0.4 is 5.32 Å². The molecular weight excluding hydrogens is 226 g/mol. The van der Waals surface area contributed by atoms with Crippen LogP contribution in [0.2, 0.25) is 0 Å². The number of amides is 1. The fourth-order valence-electron chi connectivity index (χ4n) is 2.60. The van der Waals surface area contributed by atoms with Crippen molar-refractivity contribution in [1.29, 1.82) is 0 Å². The number of carbonyl (C=O) groups is 2. The minimum atomic E-state index is -0.634. The number of hydrogen-bond donors (Lipinski definition) is 1. The summed E-state index contributed by atoms with van der Waals surface area (Å²) < 4.78 is 0. The highest BCUT2D eigenvalue weighted by molar-refractivity contribution is 5.99. The highest BCUT2D eigenvalue weighted by atomic mass is 16.2. The molecule has 0 atom stereocenters. The van der Waals surface area contributed by atoms with Gasteiger partial charge >= 0.3 is 0 Å². The predicted molar refractivity (Wildman–Crippen MR) is 70.4 cm³/mol. The zero-order valence-electron chi connectivity index (χ0n) is 10.7. The molecule has 0 saturated heterocycles. The van der Waals surface area contributed by atoms with Crippen LogP contribution in [0.5, 0.6) is 0 Å². The van der Waals surface area contributed by atoms with Crippen molar-refractivity contribution in [2.24, 2.45) is 0 Å². The Morgan fingerprint density at radius 2 is 1.67 bits per heavy atom. The van der Waals surface area contributed by atoms with Gasteiger partial charge in [0.05, 0.1) is 5.54 Å². The van der Waals surface area contributed by atoms with Crippen LogP contribution in [0, 0.1) is 0 Å². The van der Waals surface area contributed by atoms with Gasteiger partial charge in [-0.25, -0.2) is 0 Å². The van der Waals surface area contributed by atoms with Crippen molar-refractivity contribution in [3.05, 3.63) is 35.9 Å². The van der Waals surface area contributed by atoms with Crippen LogP contribution >= 0.6 is 0 Å². The lowest BCUT2D eigenvalue weighted by molar-refractivity contribution is -0.124. The fraction of sp³-hybridized carbons (Fsp3) is 0.467. The van der Waals surface area contributed by atoms with Gasteiger partial charge in [-0.15, -0.1) is 0 Å². The molecule has 2 rings (SSSR count). The summed E-state index contributed by atoms with van der Waals surface area (Å²) in [6.07, 6.45) is 4.70. The Morgan fingerprint density at radius 3 is 2.22 bits per heavy atom. The molecule has 1 N–H and O–H groups in total. The molecule has 0 spiro atoms. The molecule has 0 heterocycles. The molecule has 0 unspecified atom stereocenters. The molecule has 1 fully saturated rings. The van der Waals surface area contributed by atoms with E-state index in [1.807, 2.05) is 18.2 Å². The highest BCUT2D eigenvalue weighted by Gasteiger charge is 2.38. The molecule has 1 amide bonds. The van der Waals surface area contributed by atoms with Gasteiger partial charge in [-0.1, -0.05) is 37.5 Å². The van der Waals surface area contributed by atoms with Crippen LogP contribution in [0.15, 0.2) is 30.3 Å². The molecule has 0 bridgehead atoms. The van der Waals surface area contributed by atoms with Gasteiger partial charge in [0.1, 0.15) is 0 Å². The first kappa shape index (κ1) is 12.8. The number of carbonyl (C=O) groups excluding carboxylic acids is 2. The van der Waals surface area contributed by atoms with E-state index in [4.69, 9.17) is 0 Å². The molecular formula is C15H19NO2. The molecule has 3 heteroatoms. The first-order valence-corrected chi connectivity index (χ1v) is 6.53. The third kappa shape index (κ3) is 2.61. The smallest absolute Gasteiger partial charge is 0.252 e. The molecule has 1 aliphatic carbocycles. The van der Waals surface area contributed by atoms with Gasteiger partial charge in [-0.2, -0.15) is 0 Å². The van der Waals surface area contributed by atoms with Crippen molar-refractivity contribution >= 4 is 11.7 Å². The van der Waals surface area contributed by atoms with Crippen LogP contribution in [-0.2, 0) is 4.79 Å². The summed E-state index contributed by atoms with van der Waals surface area (Å²) in [4.78, 5) is 24.0. The maximum absolute atomic E-state index is 12.2. The van der Waals surface area contributed by atoms with E-state index < -0.39 is 5.54 Å². The number of nitrogens with one attached hydrogen (secondary N) is 1. The zero-order valence-corrected chi connectivity index (χ0v) is 10.7. The van der Waals surface area contributed by atoms with Crippen molar-refractivity contribution in [2.45, 2.75) is 44.6 Å². The Hall–Kier alpha value is -1.64. The van der Waals surface area contributed by atoms with E-state index in [9.17, 15) is 9.59 Å². The Labute approximate surface area is 108 Å². The molecule has 0 aromatic heterocycles. The van der Waals surface area contributed by atoms with Crippen molar-refractivity contribution in [2.75, 3.05) is 0 Å². The standard InChI is InChI=1S/C15H19NO2/c1-12(17)15(10-6-3-7-11-15)16-14(18)13-8-4-2-5-9-13/h2,4-5,8-9H,3,6-7,10-11H2,1H3,(H,16,18). The number of ketones is 1. The molecule has 1 aliphatic rings. The lowest BCUT2D eigenvalue weighted by atomic mass is 9.79. The zero-order chi connectivity index (χ0) is 13.0. The van der Waals surface area contributed by atoms with Crippen molar-refractivity contribution < 1.29 is 9.59 Å². The van der Waals surface area contributed by atoms with Crippen molar-refractivity contribution in [3.63, 3.8) is 0 Å². The average molecular weight is 245 g/mol. The van der Waals surface area contributed by atoms with Gasteiger partial charge in [0.2, 0.25) is 0 Å². The van der Waals surface area contributed by atoms with Crippen LogP contribution in [0.3, 0.4) is 0 Å². The maximum Gasteiger partial charge on any atom is 0.252 e. The fourth-order valence-corrected chi connectivity index (χ4v) is 2.60. The first-order valence-electron chi connectivity index (χ1n) is 6.53. The monoisotopic (exact) mass is 245 g/mol. The number of hydrogen-bond acceptors (Lipinski definition) is 2. The number of Topliss-reactive ketones (excluding diaryl/α,β-unsaturated/α-hetero) is 1. The third-order valence-corrected chi connectivity index (χ3v) is 3.77. The predicted octanol–water partition coefficient (Wildman–Crippen LogP) is 2.71. The van der Waals surface area contributed by atoms with Crippen molar-refractivity contribution in [1.82, 2.24) is 5.32 Å². The van der Waals surface area contributed by atoms with Gasteiger partial charge < -0.3 is 5.32 Å². The Morgan fingerprint density at radius 1 is 1.06 bits per heavy atom. The summed E-state index contributed by atoms with van der Waals surface area (Å²) in [5.41, 5.74) is -0.0192. The van der Waals surface area contributed by atoms with Gasteiger partial charge in [0, 0.05) is 5.56 Å². The molecule has 3 nitrogen and oxygen atoms in total. The summed E-state index contributed by atoms with van der Waals surface area (Å²) in [6.45, 7) is 1.58. The summed E-state index contributed by atoms with van der Waals surface area (Å²) in [5.74, 6) is -0.0702. The summed E-state index contributed by atoms with van der Waals surface area (Å²) >= 11 is 0.